The molecule has 172 valence electrons. The summed E-state index contributed by atoms with van der Waals surface area (Å²) in [5.74, 6) is 0. The van der Waals surface area contributed by atoms with Crippen LogP contribution in [0.25, 0.3) is 33.0 Å². The molecule has 0 atom stereocenters. The van der Waals surface area contributed by atoms with E-state index in [-0.39, 0.29) is 0 Å². The van der Waals surface area contributed by atoms with Gasteiger partial charge in [0.05, 0.1) is 5.69 Å². The molecule has 0 saturated carbocycles. The second-order valence-corrected chi connectivity index (χ2v) is 9.16. The predicted molar refractivity (Wildman–Crippen MR) is 154 cm³/mol. The molecule has 6 rings (SSSR count). The van der Waals surface area contributed by atoms with E-state index in [1.165, 1.54) is 44.3 Å². The number of nitrogens with zero attached hydrogens (tertiary/aromatic N) is 1. The number of aryl methyl sites for hydroxylation is 1. The van der Waals surface area contributed by atoms with E-state index in [2.05, 4.69) is 157 Å². The fourth-order valence-corrected chi connectivity index (χ4v) is 4.81. The van der Waals surface area contributed by atoms with E-state index in [0.717, 1.165) is 11.4 Å². The number of hydrogen-bond acceptors (Lipinski definition) is 1. The molecule has 0 fully saturated rings. The summed E-state index contributed by atoms with van der Waals surface area (Å²) in [6, 6.07) is 52.1. The van der Waals surface area contributed by atoms with Crippen LogP contribution in [0.5, 0.6) is 0 Å². The molecule has 0 bridgehead atoms. The third-order valence-electron chi connectivity index (χ3n) is 6.75. The smallest absolute Gasteiger partial charge is 0.0540 e. The summed E-state index contributed by atoms with van der Waals surface area (Å²) < 4.78 is 0. The molecule has 0 aliphatic heterocycles. The molecule has 0 aliphatic carbocycles. The zero-order valence-electron chi connectivity index (χ0n) is 20.3. The van der Waals surface area contributed by atoms with E-state index in [1.54, 1.807) is 0 Å². The van der Waals surface area contributed by atoms with Gasteiger partial charge in [-0.25, -0.2) is 0 Å². The first kappa shape index (κ1) is 21.9. The van der Waals surface area contributed by atoms with Crippen molar-refractivity contribution >= 4 is 27.8 Å². The minimum atomic E-state index is 1.14. The van der Waals surface area contributed by atoms with E-state index in [9.17, 15) is 0 Å². The second-order valence-electron chi connectivity index (χ2n) is 9.16. The topological polar surface area (TPSA) is 3.24 Å². The highest BCUT2D eigenvalue weighted by Gasteiger charge is 2.15. The Labute approximate surface area is 212 Å². The molecule has 0 heterocycles. The van der Waals surface area contributed by atoms with Crippen molar-refractivity contribution in [3.8, 4) is 22.3 Å². The van der Waals surface area contributed by atoms with Gasteiger partial charge in [0.2, 0.25) is 0 Å². The molecule has 0 aromatic heterocycles. The summed E-state index contributed by atoms with van der Waals surface area (Å²) in [5.41, 5.74) is 9.64. The van der Waals surface area contributed by atoms with Crippen molar-refractivity contribution in [2.75, 3.05) is 4.90 Å². The maximum atomic E-state index is 2.34. The van der Waals surface area contributed by atoms with Crippen LogP contribution in [0.3, 0.4) is 0 Å². The van der Waals surface area contributed by atoms with E-state index in [1.807, 2.05) is 0 Å². The first-order valence-corrected chi connectivity index (χ1v) is 12.4. The van der Waals surface area contributed by atoms with Crippen molar-refractivity contribution in [2.45, 2.75) is 6.92 Å². The standard InChI is InChI=1S/C35H27N/c1-26-14-16-27(17-15-26)28-18-20-29(21-19-28)30-22-24-33(25-23-30)36(32-10-3-2-4-11-32)35-13-7-9-31-8-5-6-12-34(31)35/h2-25H,1H3. The molecular weight excluding hydrogens is 434 g/mol. The Kier molecular flexibility index (Phi) is 5.81. The van der Waals surface area contributed by atoms with E-state index in [4.69, 9.17) is 0 Å². The van der Waals surface area contributed by atoms with E-state index >= 15 is 0 Å². The van der Waals surface area contributed by atoms with Gasteiger partial charge in [-0.2, -0.15) is 0 Å². The van der Waals surface area contributed by atoms with Crippen molar-refractivity contribution in [1.29, 1.82) is 0 Å². The Bertz CT molecular complexity index is 1590. The Balaban J connectivity index is 1.36. The SMILES string of the molecule is Cc1ccc(-c2ccc(-c3ccc(N(c4ccccc4)c4cccc5ccccc45)cc3)cc2)cc1. The Morgan fingerprint density at radius 1 is 0.389 bits per heavy atom. The average Bonchev–Trinajstić information content (AvgIpc) is 2.95. The first-order valence-electron chi connectivity index (χ1n) is 12.4. The van der Waals surface area contributed by atoms with Crippen LogP contribution in [-0.2, 0) is 0 Å². The van der Waals surface area contributed by atoms with Crippen LogP contribution in [-0.4, -0.2) is 0 Å². The lowest BCUT2D eigenvalue weighted by Crippen LogP contribution is -2.10. The van der Waals surface area contributed by atoms with Crippen molar-refractivity contribution in [2.24, 2.45) is 0 Å². The zero-order chi connectivity index (χ0) is 24.3. The minimum absolute atomic E-state index is 1.14. The number of fused-ring (bicyclic) bond motifs is 1. The van der Waals surface area contributed by atoms with Crippen LogP contribution in [0.4, 0.5) is 17.1 Å². The van der Waals surface area contributed by atoms with Crippen LogP contribution in [0.15, 0.2) is 146 Å². The highest BCUT2D eigenvalue weighted by molar-refractivity contribution is 5.98. The quantitative estimate of drug-likeness (QED) is 0.247. The van der Waals surface area contributed by atoms with Crippen LogP contribution in [0, 0.1) is 6.92 Å². The van der Waals surface area contributed by atoms with Gasteiger partial charge in [-0.3, -0.25) is 0 Å². The Morgan fingerprint density at radius 3 is 1.50 bits per heavy atom. The van der Waals surface area contributed by atoms with Gasteiger partial charge in [0.25, 0.3) is 0 Å². The summed E-state index contributed by atoms with van der Waals surface area (Å²) in [6.07, 6.45) is 0. The molecule has 1 nitrogen and oxygen atoms in total. The number of hydrogen-bond donors (Lipinski definition) is 0. The monoisotopic (exact) mass is 461 g/mol. The average molecular weight is 462 g/mol. The number of para-hydroxylation sites is 1. The van der Waals surface area contributed by atoms with Gasteiger partial charge >= 0.3 is 0 Å². The molecule has 36 heavy (non-hydrogen) atoms. The lowest BCUT2D eigenvalue weighted by molar-refractivity contribution is 1.30. The highest BCUT2D eigenvalue weighted by Crippen LogP contribution is 2.39. The zero-order valence-corrected chi connectivity index (χ0v) is 20.3. The molecule has 6 aromatic rings. The molecule has 0 saturated heterocycles. The summed E-state index contributed by atoms with van der Waals surface area (Å²) in [7, 11) is 0. The van der Waals surface area contributed by atoms with Crippen molar-refractivity contribution in [1.82, 2.24) is 0 Å². The van der Waals surface area contributed by atoms with Crippen LogP contribution < -0.4 is 4.90 Å². The fourth-order valence-electron chi connectivity index (χ4n) is 4.81. The minimum Gasteiger partial charge on any atom is -0.310 e. The second kappa shape index (κ2) is 9.56. The van der Waals surface area contributed by atoms with E-state index in [0.29, 0.717) is 0 Å². The van der Waals surface area contributed by atoms with Gasteiger partial charge in [0.15, 0.2) is 0 Å². The van der Waals surface area contributed by atoms with Gasteiger partial charge < -0.3 is 4.90 Å². The molecule has 1 heteroatoms. The van der Waals surface area contributed by atoms with Crippen molar-refractivity contribution in [3.05, 3.63) is 151 Å². The maximum absolute atomic E-state index is 2.34. The summed E-state index contributed by atoms with van der Waals surface area (Å²) >= 11 is 0. The maximum Gasteiger partial charge on any atom is 0.0540 e. The molecule has 0 aliphatic rings. The van der Waals surface area contributed by atoms with Gasteiger partial charge in [-0.15, -0.1) is 0 Å². The van der Waals surface area contributed by atoms with Gasteiger partial charge in [0.1, 0.15) is 0 Å². The summed E-state index contributed by atoms with van der Waals surface area (Å²) in [4.78, 5) is 2.34. The molecule has 0 N–H and O–H groups in total. The molecular formula is C35H27N. The van der Waals surface area contributed by atoms with Gasteiger partial charge in [-0.05, 0) is 64.9 Å². The largest absolute Gasteiger partial charge is 0.310 e. The lowest BCUT2D eigenvalue weighted by atomic mass is 9.99. The molecule has 0 spiro atoms. The van der Waals surface area contributed by atoms with Crippen molar-refractivity contribution in [3.63, 3.8) is 0 Å². The Hall–Kier alpha value is -4.62. The van der Waals surface area contributed by atoms with Crippen LogP contribution >= 0.6 is 0 Å². The number of rotatable bonds is 5. The normalized spacial score (nSPS) is 10.9. The molecule has 0 amide bonds. The van der Waals surface area contributed by atoms with Gasteiger partial charge in [0, 0.05) is 16.8 Å². The van der Waals surface area contributed by atoms with Crippen LogP contribution in [0.2, 0.25) is 0 Å². The van der Waals surface area contributed by atoms with Crippen LogP contribution in [0.1, 0.15) is 5.56 Å². The third-order valence-corrected chi connectivity index (χ3v) is 6.75. The first-order chi connectivity index (χ1) is 17.8. The molecule has 0 unspecified atom stereocenters. The summed E-state index contributed by atoms with van der Waals surface area (Å²) in [5, 5.41) is 2.47. The highest BCUT2D eigenvalue weighted by atomic mass is 15.1. The Morgan fingerprint density at radius 2 is 0.861 bits per heavy atom. The molecule has 6 aromatic carbocycles. The van der Waals surface area contributed by atoms with Crippen molar-refractivity contribution < 1.29 is 0 Å². The number of benzene rings is 6. The van der Waals surface area contributed by atoms with E-state index < -0.39 is 0 Å². The predicted octanol–water partition coefficient (Wildman–Crippen LogP) is 9.95. The summed E-state index contributed by atoms with van der Waals surface area (Å²) in [6.45, 7) is 2.12. The fraction of sp³-hybridized carbons (Fsp3) is 0.0286. The third kappa shape index (κ3) is 4.28. The molecule has 0 radical (unpaired) electrons. The lowest BCUT2D eigenvalue weighted by Gasteiger charge is -2.27. The van der Waals surface area contributed by atoms with Gasteiger partial charge in [-0.1, -0.05) is 121 Å². The number of anilines is 3.